The molecule has 0 spiro atoms. The first-order valence-corrected chi connectivity index (χ1v) is 12.5. The lowest BCUT2D eigenvalue weighted by Crippen LogP contribution is -2.68. The Hall–Kier alpha value is -3.08. The van der Waals surface area contributed by atoms with E-state index in [4.69, 9.17) is 0 Å². The number of Topliss-reactive ketones (excluding diaryl/α,β-unsaturated/α-hetero) is 3. The quantitative estimate of drug-likeness (QED) is 0.176. The molecule has 37 heavy (non-hydrogen) atoms. The van der Waals surface area contributed by atoms with Crippen LogP contribution in [0, 0.1) is 17.2 Å². The topological polar surface area (TPSA) is 147 Å². The smallest absolute Gasteiger partial charge is 0.209 e. The third-order valence-electron chi connectivity index (χ3n) is 8.67. The van der Waals surface area contributed by atoms with Gasteiger partial charge in [0, 0.05) is 34.6 Å². The van der Waals surface area contributed by atoms with E-state index >= 15 is 4.39 Å². The number of nitrogens with one attached hydrogen (secondary N) is 1. The minimum absolute atomic E-state index is 0.0375. The molecule has 1 aromatic rings. The van der Waals surface area contributed by atoms with Crippen molar-refractivity contribution in [1.82, 2.24) is 10.2 Å². The predicted molar refractivity (Wildman–Crippen MR) is 130 cm³/mol. The number of aromatic hydroxyl groups is 1. The van der Waals surface area contributed by atoms with Crippen LogP contribution in [0.3, 0.4) is 0 Å². The van der Waals surface area contributed by atoms with Gasteiger partial charge in [0.25, 0.3) is 0 Å². The Labute approximate surface area is 213 Å². The normalized spacial score (nSPS) is 32.7. The first kappa shape index (κ1) is 25.6. The van der Waals surface area contributed by atoms with Crippen molar-refractivity contribution in [3.63, 3.8) is 0 Å². The monoisotopic (exact) mass is 514 g/mol. The molecule has 3 aliphatic carbocycles. The van der Waals surface area contributed by atoms with E-state index in [1.54, 1.807) is 19.0 Å². The molecule has 10 heteroatoms. The summed E-state index contributed by atoms with van der Waals surface area (Å²) in [4.78, 5) is 41.9. The molecule has 2 saturated carbocycles. The lowest BCUT2D eigenvalue weighted by Gasteiger charge is -2.54. The third kappa shape index (κ3) is 3.49. The molecule has 0 aromatic heterocycles. The Morgan fingerprint density at radius 3 is 2.57 bits per heavy atom. The largest absolute Gasteiger partial charge is 0.515 e. The zero-order valence-corrected chi connectivity index (χ0v) is 20.8. The summed E-state index contributed by atoms with van der Waals surface area (Å²) in [7, 11) is 3.55. The van der Waals surface area contributed by atoms with Gasteiger partial charge in [0.15, 0.2) is 11.4 Å². The SMILES string of the molecule is CN(C)CC[C@]12CC(=O)C(=CO)C(=O)[C@@]1(O)C(=O)C1=C(O)c3c(O)cc(C4CCCN4)c(F)c3CC1C2. The van der Waals surface area contributed by atoms with Gasteiger partial charge in [-0.3, -0.25) is 14.4 Å². The lowest BCUT2D eigenvalue weighted by atomic mass is 9.48. The molecule has 2 unspecified atom stereocenters. The van der Waals surface area contributed by atoms with Gasteiger partial charge in [0.1, 0.15) is 17.3 Å². The molecule has 0 radical (unpaired) electrons. The molecule has 5 N–H and O–H groups in total. The number of fused-ring (bicyclic) bond motifs is 3. The molecule has 3 fully saturated rings. The number of phenols is 1. The second-order valence-corrected chi connectivity index (χ2v) is 11.0. The number of halogens is 1. The molecule has 9 nitrogen and oxygen atoms in total. The summed E-state index contributed by atoms with van der Waals surface area (Å²) >= 11 is 0. The van der Waals surface area contributed by atoms with Crippen molar-refractivity contribution in [1.29, 1.82) is 0 Å². The predicted octanol–water partition coefficient (Wildman–Crippen LogP) is 2.02. The highest BCUT2D eigenvalue weighted by molar-refractivity contribution is 6.35. The van der Waals surface area contributed by atoms with E-state index in [9.17, 15) is 34.8 Å². The van der Waals surface area contributed by atoms with Gasteiger partial charge < -0.3 is 30.6 Å². The maximum Gasteiger partial charge on any atom is 0.209 e. The Morgan fingerprint density at radius 2 is 1.95 bits per heavy atom. The van der Waals surface area contributed by atoms with Crippen LogP contribution < -0.4 is 5.32 Å². The summed E-state index contributed by atoms with van der Waals surface area (Å²) in [5.41, 5.74) is -5.02. The van der Waals surface area contributed by atoms with E-state index < -0.39 is 57.2 Å². The van der Waals surface area contributed by atoms with E-state index in [2.05, 4.69) is 5.32 Å². The number of rotatable bonds is 4. The zero-order chi connectivity index (χ0) is 26.9. The first-order chi connectivity index (χ1) is 17.5. The molecule has 198 valence electrons. The van der Waals surface area contributed by atoms with Gasteiger partial charge in [-0.15, -0.1) is 0 Å². The number of nitrogens with zero attached hydrogens (tertiary/aromatic N) is 1. The van der Waals surface area contributed by atoms with Crippen LogP contribution in [-0.4, -0.2) is 75.5 Å². The number of phenolic OH excluding ortho intramolecular Hbond substituents is 1. The number of hydrogen-bond donors (Lipinski definition) is 5. The van der Waals surface area contributed by atoms with Gasteiger partial charge in [-0.1, -0.05) is 0 Å². The summed E-state index contributed by atoms with van der Waals surface area (Å²) in [5.74, 6) is -5.41. The van der Waals surface area contributed by atoms with E-state index in [-0.39, 0.29) is 54.0 Å². The van der Waals surface area contributed by atoms with Crippen molar-refractivity contribution in [2.45, 2.75) is 50.2 Å². The third-order valence-corrected chi connectivity index (χ3v) is 8.67. The minimum atomic E-state index is -2.70. The highest BCUT2D eigenvalue weighted by Crippen LogP contribution is 2.58. The number of carbonyl (C=O) groups excluding carboxylic acids is 3. The van der Waals surface area contributed by atoms with Gasteiger partial charge in [0.2, 0.25) is 11.6 Å². The highest BCUT2D eigenvalue weighted by Gasteiger charge is 2.69. The van der Waals surface area contributed by atoms with Gasteiger partial charge in [-0.25, -0.2) is 4.39 Å². The van der Waals surface area contributed by atoms with Crippen LogP contribution in [-0.2, 0) is 20.8 Å². The Kier molecular flexibility index (Phi) is 6.04. The molecular formula is C27H31FN2O7. The number of aliphatic hydroxyl groups excluding tert-OH is 2. The number of aliphatic hydroxyl groups is 3. The Morgan fingerprint density at radius 1 is 1.22 bits per heavy atom. The van der Waals surface area contributed by atoms with Crippen molar-refractivity contribution >= 4 is 23.1 Å². The molecule has 1 aromatic carbocycles. The number of hydrogen-bond acceptors (Lipinski definition) is 9. The van der Waals surface area contributed by atoms with Crippen LogP contribution in [0.5, 0.6) is 5.75 Å². The van der Waals surface area contributed by atoms with Crippen LogP contribution in [0.25, 0.3) is 5.76 Å². The minimum Gasteiger partial charge on any atom is -0.515 e. The van der Waals surface area contributed by atoms with Crippen molar-refractivity contribution in [2.24, 2.45) is 11.3 Å². The molecule has 5 rings (SSSR count). The molecule has 4 atom stereocenters. The van der Waals surface area contributed by atoms with Crippen LogP contribution >= 0.6 is 0 Å². The molecule has 1 heterocycles. The summed E-state index contributed by atoms with van der Waals surface area (Å²) in [5, 5.41) is 46.6. The fraction of sp³-hybridized carbons (Fsp3) is 0.519. The van der Waals surface area contributed by atoms with Crippen molar-refractivity contribution in [3.8, 4) is 5.75 Å². The van der Waals surface area contributed by atoms with Gasteiger partial charge >= 0.3 is 0 Å². The Balaban J connectivity index is 1.69. The summed E-state index contributed by atoms with van der Waals surface area (Å²) in [6, 6.07) is 0.958. The van der Waals surface area contributed by atoms with Crippen molar-refractivity contribution in [3.05, 3.63) is 46.0 Å². The summed E-state index contributed by atoms with van der Waals surface area (Å²) < 4.78 is 15.8. The molecule has 4 aliphatic rings. The van der Waals surface area contributed by atoms with Gasteiger partial charge in [-0.05, 0) is 71.3 Å². The number of carbonyl (C=O) groups is 3. The zero-order valence-electron chi connectivity index (χ0n) is 20.8. The Bertz CT molecular complexity index is 1280. The average Bonchev–Trinajstić information content (AvgIpc) is 3.37. The van der Waals surface area contributed by atoms with Crippen molar-refractivity contribution < 1.29 is 39.2 Å². The van der Waals surface area contributed by atoms with Crippen LogP contribution in [0.15, 0.2) is 23.5 Å². The summed E-state index contributed by atoms with van der Waals surface area (Å²) in [6.07, 6.45) is 1.51. The van der Waals surface area contributed by atoms with Crippen LogP contribution in [0.2, 0.25) is 0 Å². The number of benzene rings is 1. The maximum absolute atomic E-state index is 15.8. The second kappa shape index (κ2) is 8.75. The fourth-order valence-electron chi connectivity index (χ4n) is 6.79. The van der Waals surface area contributed by atoms with Crippen LogP contribution in [0.1, 0.15) is 54.8 Å². The maximum atomic E-state index is 15.8. The first-order valence-electron chi connectivity index (χ1n) is 12.5. The van der Waals surface area contributed by atoms with E-state index in [1.807, 2.05) is 0 Å². The standard InChI is InChI=1S/C27H31FN2O7/c1-30(2)7-5-26-10-13-8-15-21(18(32)9-14(22(15)28)17-4-3-6-29-17)23(34)20(13)25(36)27(26,37)24(35)16(12-31)19(33)11-26/h9,12-13,17,29,31-32,34,37H,3-8,10-11H2,1-2H3/t13?,17?,26-,27+/m0/s1. The fourth-order valence-corrected chi connectivity index (χ4v) is 6.79. The highest BCUT2D eigenvalue weighted by atomic mass is 19.1. The van der Waals surface area contributed by atoms with E-state index in [0.29, 0.717) is 25.8 Å². The average molecular weight is 515 g/mol. The van der Waals surface area contributed by atoms with Gasteiger partial charge in [0.05, 0.1) is 17.4 Å². The van der Waals surface area contributed by atoms with E-state index in [1.165, 1.54) is 6.07 Å². The van der Waals surface area contributed by atoms with Crippen molar-refractivity contribution in [2.75, 3.05) is 27.2 Å². The molecule has 1 aliphatic heterocycles. The second-order valence-electron chi connectivity index (χ2n) is 11.0. The van der Waals surface area contributed by atoms with Crippen LogP contribution in [0.4, 0.5) is 4.39 Å². The lowest BCUT2D eigenvalue weighted by molar-refractivity contribution is -0.175. The molecule has 1 saturated heterocycles. The summed E-state index contributed by atoms with van der Waals surface area (Å²) in [6.45, 7) is 1.06. The van der Waals surface area contributed by atoms with Gasteiger partial charge in [-0.2, -0.15) is 0 Å². The molecule has 0 amide bonds. The molecule has 0 bridgehead atoms. The van der Waals surface area contributed by atoms with E-state index in [0.717, 1.165) is 6.42 Å². The number of ketones is 3. The molecular weight excluding hydrogens is 483 g/mol.